The van der Waals surface area contributed by atoms with Crippen LogP contribution < -0.4 is 0 Å². The Kier molecular flexibility index (Phi) is 72.6. The fraction of sp³-hybridized carbons (Fsp3) is 0.723. The van der Waals surface area contributed by atoms with Crippen LogP contribution in [0.3, 0.4) is 0 Å². The highest BCUT2D eigenvalue weighted by molar-refractivity contribution is 7.47. The van der Waals surface area contributed by atoms with Gasteiger partial charge >= 0.3 is 33.6 Å². The van der Waals surface area contributed by atoms with Crippen LogP contribution in [0.1, 0.15) is 329 Å². The standard InChI is InChI=1S/C83H144O16P2/c1-4-7-10-13-16-19-22-25-28-30-32-33-34-35-36-37-38-39-40-41-42-43-45-47-49-51-54-57-60-63-66-69-81(86)93-72-78(84)73-95-100(89,90)96-74-79(85)75-97-101(91,92)98-77-80(99-83(88)71-68-65-62-59-56-53-48-27-24-21-18-15-12-9-6-3)76-94-82(87)70-67-64-61-58-55-52-50-46-44-31-29-26-23-20-17-14-11-8-5-2/h8,11,16-17,19-20,25-29,32-33,35-36,44,46,48,52,55,78-80,84-85H,4-7,9-10,12-15,18,21-24,30-31,34,37-43,45,47,49-51,53-54,56-77H2,1-3H3,(H,89,90)(H,91,92)/b11-8-,19-16-,20-17-,28-25-,29-26-,33-32-,36-35-,46-44-,48-27-,55-52-. The highest BCUT2D eigenvalue weighted by atomic mass is 31.2. The summed E-state index contributed by atoms with van der Waals surface area (Å²) in [6.07, 6.45) is 89.7. The maximum Gasteiger partial charge on any atom is 0.472 e. The lowest BCUT2D eigenvalue weighted by Gasteiger charge is -2.21. The minimum Gasteiger partial charge on any atom is -0.463 e. The van der Waals surface area contributed by atoms with Gasteiger partial charge in [-0.2, -0.15) is 0 Å². The van der Waals surface area contributed by atoms with Crippen molar-refractivity contribution in [1.29, 1.82) is 0 Å². The molecule has 582 valence electrons. The zero-order chi connectivity index (χ0) is 73.7. The Labute approximate surface area is 614 Å². The van der Waals surface area contributed by atoms with E-state index in [0.29, 0.717) is 19.3 Å². The molecule has 0 rings (SSSR count). The molecule has 4 N–H and O–H groups in total. The van der Waals surface area contributed by atoms with Crippen LogP contribution in [0.5, 0.6) is 0 Å². The average molecular weight is 1460 g/mol. The van der Waals surface area contributed by atoms with Gasteiger partial charge in [-0.25, -0.2) is 9.13 Å². The topological polar surface area (TPSA) is 231 Å². The fourth-order valence-corrected chi connectivity index (χ4v) is 12.2. The van der Waals surface area contributed by atoms with E-state index in [0.717, 1.165) is 128 Å². The molecule has 0 radical (unpaired) electrons. The third kappa shape index (κ3) is 76.9. The molecule has 16 nitrogen and oxygen atoms in total. The molecule has 0 aliphatic carbocycles. The summed E-state index contributed by atoms with van der Waals surface area (Å²) in [5.74, 6) is -1.62. The van der Waals surface area contributed by atoms with E-state index in [1.807, 2.05) is 0 Å². The lowest BCUT2D eigenvalue weighted by atomic mass is 10.0. The van der Waals surface area contributed by atoms with Crippen LogP contribution in [0.4, 0.5) is 0 Å². The Morgan fingerprint density at radius 2 is 0.525 bits per heavy atom. The fourth-order valence-electron chi connectivity index (χ4n) is 10.6. The second kappa shape index (κ2) is 75.6. The molecular weight excluding hydrogens is 1310 g/mol. The van der Waals surface area contributed by atoms with E-state index in [4.69, 9.17) is 32.3 Å². The number of allylic oxidation sites excluding steroid dienone is 20. The molecule has 0 saturated heterocycles. The van der Waals surface area contributed by atoms with E-state index >= 15 is 0 Å². The van der Waals surface area contributed by atoms with Gasteiger partial charge in [0, 0.05) is 19.3 Å². The number of carbonyl (C=O) groups excluding carboxylic acids is 3. The minimum atomic E-state index is -4.94. The van der Waals surface area contributed by atoms with Crippen LogP contribution in [0.15, 0.2) is 122 Å². The van der Waals surface area contributed by atoms with Gasteiger partial charge in [-0.1, -0.05) is 296 Å². The first-order valence-corrected chi connectivity index (χ1v) is 42.8. The summed E-state index contributed by atoms with van der Waals surface area (Å²) in [5.41, 5.74) is 0. The summed E-state index contributed by atoms with van der Waals surface area (Å²) < 4.78 is 61.1. The van der Waals surface area contributed by atoms with Crippen LogP contribution in [-0.4, -0.2) is 95.9 Å². The number of rotatable bonds is 75. The van der Waals surface area contributed by atoms with Crippen LogP contribution >= 0.6 is 15.6 Å². The molecule has 5 atom stereocenters. The Morgan fingerprint density at radius 3 is 0.871 bits per heavy atom. The monoisotopic (exact) mass is 1460 g/mol. The molecule has 0 fully saturated rings. The first kappa shape index (κ1) is 97.0. The number of hydrogen-bond acceptors (Lipinski definition) is 14. The Morgan fingerprint density at radius 1 is 0.287 bits per heavy atom. The van der Waals surface area contributed by atoms with Crippen molar-refractivity contribution in [2.24, 2.45) is 0 Å². The summed E-state index contributed by atoms with van der Waals surface area (Å²) in [5, 5.41) is 20.6. The Hall–Kier alpha value is -4.05. The zero-order valence-corrected chi connectivity index (χ0v) is 65.3. The number of carbonyl (C=O) groups is 3. The predicted octanol–water partition coefficient (Wildman–Crippen LogP) is 23.3. The molecule has 101 heavy (non-hydrogen) atoms. The largest absolute Gasteiger partial charge is 0.472 e. The molecule has 18 heteroatoms. The van der Waals surface area contributed by atoms with Gasteiger partial charge in [-0.15, -0.1) is 0 Å². The van der Waals surface area contributed by atoms with Crippen molar-refractivity contribution in [2.45, 2.75) is 347 Å². The number of aliphatic hydroxyl groups excluding tert-OH is 2. The third-order valence-corrected chi connectivity index (χ3v) is 18.5. The van der Waals surface area contributed by atoms with Crippen LogP contribution in [0, 0.1) is 0 Å². The first-order chi connectivity index (χ1) is 49.2. The SMILES string of the molecule is CC/C=C\C/C=C\C/C=C\C/C=C\C/C=C\CCCCCC(=O)OCC(COP(=O)(O)OCC(O)COP(=O)(O)OCC(O)COC(=O)CCCCCCCCCCCCCCCCC/C=C\C/C=C\C/C=C\C/C=C\CCCCC)OC(=O)CCCCCCC/C=C\CCCCCCCC. The van der Waals surface area contributed by atoms with Crippen molar-refractivity contribution in [3.8, 4) is 0 Å². The molecule has 5 unspecified atom stereocenters. The van der Waals surface area contributed by atoms with Gasteiger partial charge in [0.1, 0.15) is 25.4 Å². The summed E-state index contributed by atoms with van der Waals surface area (Å²) in [4.78, 5) is 58.6. The zero-order valence-electron chi connectivity index (χ0n) is 63.5. The lowest BCUT2D eigenvalue weighted by molar-refractivity contribution is -0.161. The van der Waals surface area contributed by atoms with E-state index in [2.05, 4.69) is 142 Å². The van der Waals surface area contributed by atoms with Crippen LogP contribution in [0.25, 0.3) is 0 Å². The second-order valence-corrected chi connectivity index (χ2v) is 29.4. The van der Waals surface area contributed by atoms with Crippen LogP contribution in [0.2, 0.25) is 0 Å². The maximum absolute atomic E-state index is 13.0. The van der Waals surface area contributed by atoms with Crippen molar-refractivity contribution in [2.75, 3.05) is 39.6 Å². The van der Waals surface area contributed by atoms with E-state index in [-0.39, 0.29) is 19.3 Å². The number of aliphatic hydroxyl groups is 2. The summed E-state index contributed by atoms with van der Waals surface area (Å²) >= 11 is 0. The van der Waals surface area contributed by atoms with Crippen molar-refractivity contribution in [3.05, 3.63) is 122 Å². The van der Waals surface area contributed by atoms with Gasteiger partial charge in [0.05, 0.1) is 26.4 Å². The molecule has 0 amide bonds. The number of hydrogen-bond donors (Lipinski definition) is 4. The molecular formula is C83H144O16P2. The number of phosphoric ester groups is 2. The quantitative estimate of drug-likeness (QED) is 0.0146. The molecule has 0 heterocycles. The van der Waals surface area contributed by atoms with Gasteiger partial charge in [-0.3, -0.25) is 32.5 Å². The van der Waals surface area contributed by atoms with Gasteiger partial charge in [-0.05, 0) is 135 Å². The third-order valence-electron chi connectivity index (χ3n) is 16.6. The first-order valence-electron chi connectivity index (χ1n) is 39.8. The van der Waals surface area contributed by atoms with E-state index in [9.17, 15) is 43.5 Å². The number of unbranched alkanes of at least 4 members (excludes halogenated alkanes) is 32. The minimum absolute atomic E-state index is 0.0856. The lowest BCUT2D eigenvalue weighted by Crippen LogP contribution is -2.30. The van der Waals surface area contributed by atoms with Gasteiger partial charge < -0.3 is 34.2 Å². The molecule has 0 aromatic rings. The highest BCUT2D eigenvalue weighted by Crippen LogP contribution is 2.45. The smallest absolute Gasteiger partial charge is 0.463 e. The van der Waals surface area contributed by atoms with E-state index < -0.39 is 91.5 Å². The molecule has 0 aliphatic rings. The average Bonchev–Trinajstić information content (AvgIpc) is 1.14. The molecule has 0 aromatic heterocycles. The number of phosphoric acid groups is 2. The number of ether oxygens (including phenoxy) is 3. The second-order valence-electron chi connectivity index (χ2n) is 26.5. The maximum atomic E-state index is 13.0. The van der Waals surface area contributed by atoms with Crippen LogP contribution in [-0.2, 0) is 55.8 Å². The molecule has 0 aliphatic heterocycles. The van der Waals surface area contributed by atoms with Crippen molar-refractivity contribution < 1.29 is 75.8 Å². The Balaban J connectivity index is 4.50. The van der Waals surface area contributed by atoms with Crippen molar-refractivity contribution >= 4 is 33.6 Å². The normalized spacial score (nSPS) is 14.6. The predicted molar refractivity (Wildman–Crippen MR) is 417 cm³/mol. The van der Waals surface area contributed by atoms with Crippen molar-refractivity contribution in [3.63, 3.8) is 0 Å². The summed E-state index contributed by atoms with van der Waals surface area (Å²) in [6.45, 7) is 2.50. The summed E-state index contributed by atoms with van der Waals surface area (Å²) in [7, 11) is -9.80. The molecule has 0 saturated carbocycles. The molecule has 0 spiro atoms. The Bertz CT molecular complexity index is 2320. The van der Waals surface area contributed by atoms with E-state index in [1.165, 1.54) is 141 Å². The van der Waals surface area contributed by atoms with Gasteiger partial charge in [0.25, 0.3) is 0 Å². The van der Waals surface area contributed by atoms with Crippen molar-refractivity contribution in [1.82, 2.24) is 0 Å². The summed E-state index contributed by atoms with van der Waals surface area (Å²) in [6, 6.07) is 0. The number of esters is 3. The van der Waals surface area contributed by atoms with Gasteiger partial charge in [0.2, 0.25) is 0 Å². The van der Waals surface area contributed by atoms with E-state index in [1.54, 1.807) is 0 Å². The van der Waals surface area contributed by atoms with Gasteiger partial charge in [0.15, 0.2) is 6.10 Å². The molecule has 0 bridgehead atoms. The molecule has 0 aromatic carbocycles. The highest BCUT2D eigenvalue weighted by Gasteiger charge is 2.29.